The Morgan fingerprint density at radius 2 is 1.79 bits per heavy atom. The van der Waals surface area contributed by atoms with Gasteiger partial charge in [0.1, 0.15) is 11.9 Å². The van der Waals surface area contributed by atoms with E-state index in [1.807, 2.05) is 18.2 Å². The Kier molecular flexibility index (Phi) is 4.68. The Labute approximate surface area is 152 Å². The van der Waals surface area contributed by atoms with Gasteiger partial charge in [0, 0.05) is 50.3 Å². The van der Waals surface area contributed by atoms with Crippen LogP contribution in [0.15, 0.2) is 36.4 Å². The second kappa shape index (κ2) is 6.93. The molecule has 0 aromatic heterocycles. The molecule has 2 heterocycles. The maximum Gasteiger partial charge on any atom is 0.131 e. The van der Waals surface area contributed by atoms with Crippen LogP contribution in [0.3, 0.4) is 0 Å². The van der Waals surface area contributed by atoms with Gasteiger partial charge in [-0.3, -0.25) is 4.90 Å². The number of para-hydroxylation sites is 1. The lowest BCUT2D eigenvalue weighted by Crippen LogP contribution is -2.47. The van der Waals surface area contributed by atoms with Gasteiger partial charge in [-0.05, 0) is 11.6 Å². The number of hydrogen-bond donors (Lipinski definition) is 1. The van der Waals surface area contributed by atoms with Crippen molar-refractivity contribution in [2.24, 2.45) is 0 Å². The average Bonchev–Trinajstić information content (AvgIpc) is 3.01. The lowest BCUT2D eigenvalue weighted by atomic mass is 10.0. The number of rotatable bonds is 3. The summed E-state index contributed by atoms with van der Waals surface area (Å²) in [6.07, 6.45) is 1.16. The fourth-order valence-corrected chi connectivity index (χ4v) is 3.95. The number of hydrogen-bond acceptors (Lipinski definition) is 3. The van der Waals surface area contributed by atoms with Gasteiger partial charge in [-0.2, -0.15) is 0 Å². The van der Waals surface area contributed by atoms with Crippen LogP contribution in [-0.2, 0) is 6.42 Å². The first-order valence-corrected chi connectivity index (χ1v) is 9.14. The molecule has 1 unspecified atom stereocenters. The smallest absolute Gasteiger partial charge is 0.131 e. The van der Waals surface area contributed by atoms with Crippen molar-refractivity contribution >= 4 is 23.2 Å². The zero-order valence-corrected chi connectivity index (χ0v) is 14.9. The summed E-state index contributed by atoms with van der Waals surface area (Å²) in [6.45, 7) is 5.26. The Balaban J connectivity index is 1.59. The van der Waals surface area contributed by atoms with Crippen molar-refractivity contribution in [2.75, 3.05) is 32.7 Å². The monoisotopic (exact) mass is 362 g/mol. The molecular weight excluding hydrogens is 343 g/mol. The van der Waals surface area contributed by atoms with Gasteiger partial charge < -0.3 is 10.1 Å². The lowest BCUT2D eigenvalue weighted by Gasteiger charge is -2.29. The summed E-state index contributed by atoms with van der Waals surface area (Å²) in [5.74, 6) is 0.960. The van der Waals surface area contributed by atoms with E-state index in [1.54, 1.807) is 0 Å². The van der Waals surface area contributed by atoms with Crippen LogP contribution in [0.4, 0.5) is 0 Å². The van der Waals surface area contributed by atoms with Crippen molar-refractivity contribution in [1.82, 2.24) is 10.2 Å². The molecule has 1 fully saturated rings. The highest BCUT2D eigenvalue weighted by Crippen LogP contribution is 2.43. The van der Waals surface area contributed by atoms with Crippen LogP contribution in [0, 0.1) is 0 Å². The zero-order valence-electron chi connectivity index (χ0n) is 13.4. The van der Waals surface area contributed by atoms with E-state index in [2.05, 4.69) is 28.4 Å². The minimum Gasteiger partial charge on any atom is -0.488 e. The maximum atomic E-state index is 6.42. The molecular formula is C19H20Cl2N2O. The summed E-state index contributed by atoms with van der Waals surface area (Å²) in [5.41, 5.74) is 3.22. The molecule has 0 amide bonds. The number of nitrogens with one attached hydrogen (secondary N) is 1. The van der Waals surface area contributed by atoms with Gasteiger partial charge in [-0.15, -0.1) is 0 Å². The fraction of sp³-hybridized carbons (Fsp3) is 0.368. The molecule has 0 aliphatic carbocycles. The molecule has 0 radical (unpaired) electrons. The number of halogens is 2. The van der Waals surface area contributed by atoms with Crippen molar-refractivity contribution in [2.45, 2.75) is 12.5 Å². The molecule has 2 aromatic carbocycles. The van der Waals surface area contributed by atoms with E-state index in [0.717, 1.165) is 56.0 Å². The third-order valence-corrected chi connectivity index (χ3v) is 5.56. The number of benzene rings is 2. The van der Waals surface area contributed by atoms with Gasteiger partial charge in [0.2, 0.25) is 0 Å². The predicted octanol–water partition coefficient (Wildman–Crippen LogP) is 3.87. The molecule has 5 heteroatoms. The first-order chi connectivity index (χ1) is 11.7. The van der Waals surface area contributed by atoms with Crippen LogP contribution >= 0.6 is 23.2 Å². The standard InChI is InChI=1S/C19H20Cl2N2O/c20-17-6-2-4-15(18(17)21)16-5-1-3-13-11-14(24-19(13)16)12-23-9-7-22-8-10-23/h1-6,14,22H,7-12H2. The molecule has 2 aromatic rings. The number of fused-ring (bicyclic) bond motifs is 1. The summed E-state index contributed by atoms with van der Waals surface area (Å²) in [5, 5.41) is 4.55. The molecule has 0 spiro atoms. The van der Waals surface area contributed by atoms with Crippen LogP contribution < -0.4 is 10.1 Å². The Hall–Kier alpha value is -1.26. The minimum atomic E-state index is 0.206. The van der Waals surface area contributed by atoms with Crippen molar-refractivity contribution < 1.29 is 4.74 Å². The van der Waals surface area contributed by atoms with Crippen LogP contribution in [-0.4, -0.2) is 43.7 Å². The van der Waals surface area contributed by atoms with E-state index in [9.17, 15) is 0 Å². The molecule has 1 N–H and O–H groups in total. The van der Waals surface area contributed by atoms with Crippen molar-refractivity contribution in [3.05, 3.63) is 52.0 Å². The van der Waals surface area contributed by atoms with E-state index >= 15 is 0 Å². The van der Waals surface area contributed by atoms with E-state index in [4.69, 9.17) is 27.9 Å². The van der Waals surface area contributed by atoms with Crippen molar-refractivity contribution in [1.29, 1.82) is 0 Å². The van der Waals surface area contributed by atoms with Crippen LogP contribution in [0.1, 0.15) is 5.56 Å². The quantitative estimate of drug-likeness (QED) is 0.896. The third kappa shape index (κ3) is 3.14. The molecule has 0 saturated carbocycles. The molecule has 24 heavy (non-hydrogen) atoms. The summed E-state index contributed by atoms with van der Waals surface area (Å²) in [7, 11) is 0. The van der Waals surface area contributed by atoms with Crippen LogP contribution in [0.5, 0.6) is 5.75 Å². The van der Waals surface area contributed by atoms with Crippen molar-refractivity contribution in [3.63, 3.8) is 0 Å². The highest BCUT2D eigenvalue weighted by molar-refractivity contribution is 6.43. The number of nitrogens with zero attached hydrogens (tertiary/aromatic N) is 1. The Bertz CT molecular complexity index is 744. The first kappa shape index (κ1) is 16.2. The van der Waals surface area contributed by atoms with Gasteiger partial charge in [-0.1, -0.05) is 53.5 Å². The minimum absolute atomic E-state index is 0.206. The Morgan fingerprint density at radius 1 is 1.04 bits per heavy atom. The summed E-state index contributed by atoms with van der Waals surface area (Å²) in [6, 6.07) is 12.0. The van der Waals surface area contributed by atoms with Gasteiger partial charge in [0.05, 0.1) is 10.0 Å². The van der Waals surface area contributed by atoms with Gasteiger partial charge in [0.25, 0.3) is 0 Å². The molecule has 1 atom stereocenters. The average molecular weight is 363 g/mol. The lowest BCUT2D eigenvalue weighted by molar-refractivity contribution is 0.140. The van der Waals surface area contributed by atoms with Crippen LogP contribution in [0.25, 0.3) is 11.1 Å². The molecule has 4 rings (SSSR count). The van der Waals surface area contributed by atoms with E-state index in [0.29, 0.717) is 10.0 Å². The third-order valence-electron chi connectivity index (χ3n) is 4.74. The highest BCUT2D eigenvalue weighted by atomic mass is 35.5. The molecule has 2 aliphatic heterocycles. The molecule has 1 saturated heterocycles. The molecule has 2 aliphatic rings. The summed E-state index contributed by atoms with van der Waals surface area (Å²) < 4.78 is 6.33. The zero-order chi connectivity index (χ0) is 16.5. The highest BCUT2D eigenvalue weighted by Gasteiger charge is 2.28. The summed E-state index contributed by atoms with van der Waals surface area (Å²) in [4.78, 5) is 2.47. The normalized spacial score (nSPS) is 20.7. The maximum absolute atomic E-state index is 6.42. The van der Waals surface area contributed by atoms with E-state index in [1.165, 1.54) is 5.56 Å². The molecule has 3 nitrogen and oxygen atoms in total. The SMILES string of the molecule is Clc1cccc(-c2cccc3c2OC(CN2CCNCC2)C3)c1Cl. The van der Waals surface area contributed by atoms with Crippen LogP contribution in [0.2, 0.25) is 10.0 Å². The second-order valence-corrected chi connectivity index (χ2v) is 7.17. The van der Waals surface area contributed by atoms with Gasteiger partial charge in [-0.25, -0.2) is 0 Å². The predicted molar refractivity (Wildman–Crippen MR) is 99.3 cm³/mol. The molecule has 0 bridgehead atoms. The number of ether oxygens (including phenoxy) is 1. The first-order valence-electron chi connectivity index (χ1n) is 8.38. The van der Waals surface area contributed by atoms with Gasteiger partial charge in [0.15, 0.2) is 0 Å². The Morgan fingerprint density at radius 3 is 2.62 bits per heavy atom. The number of piperazine rings is 1. The topological polar surface area (TPSA) is 24.5 Å². The van der Waals surface area contributed by atoms with Gasteiger partial charge >= 0.3 is 0 Å². The fourth-order valence-electron chi connectivity index (χ4n) is 3.55. The summed E-state index contributed by atoms with van der Waals surface area (Å²) >= 11 is 12.6. The second-order valence-electron chi connectivity index (χ2n) is 6.39. The largest absolute Gasteiger partial charge is 0.488 e. The van der Waals surface area contributed by atoms with E-state index in [-0.39, 0.29) is 6.10 Å². The van der Waals surface area contributed by atoms with Crippen molar-refractivity contribution in [3.8, 4) is 16.9 Å². The van der Waals surface area contributed by atoms with E-state index < -0.39 is 0 Å². The molecule has 126 valence electrons.